The van der Waals surface area contributed by atoms with Crippen LogP contribution < -0.4 is 0 Å². The maximum atomic E-state index is 12.5. The summed E-state index contributed by atoms with van der Waals surface area (Å²) >= 11 is 0. The van der Waals surface area contributed by atoms with Crippen molar-refractivity contribution in [3.8, 4) is 0 Å². The van der Waals surface area contributed by atoms with Crippen LogP contribution in [0.4, 0.5) is 0 Å². The highest BCUT2D eigenvalue weighted by molar-refractivity contribution is 5.89. The number of carbonyl (C=O) groups excluding carboxylic acids is 1. The van der Waals surface area contributed by atoms with E-state index in [1.165, 1.54) is 0 Å². The SMILES string of the molecule is O=C(O[C@@H]1C[C@H](OCc2ccccc2)[C@@H](COCc2ccccc2)O[C@H]1O)c1ccccc1. The van der Waals surface area contributed by atoms with Crippen LogP contribution in [0.2, 0.25) is 0 Å². The molecule has 3 aromatic rings. The van der Waals surface area contributed by atoms with Crippen LogP contribution in [0.25, 0.3) is 0 Å². The van der Waals surface area contributed by atoms with Crippen LogP contribution in [0, 0.1) is 0 Å². The molecule has 4 atom stereocenters. The van der Waals surface area contributed by atoms with Gasteiger partial charge in [0.2, 0.25) is 0 Å². The van der Waals surface area contributed by atoms with Gasteiger partial charge in [0, 0.05) is 6.42 Å². The average Bonchev–Trinajstić information content (AvgIpc) is 2.86. The lowest BCUT2D eigenvalue weighted by atomic mass is 10.0. The van der Waals surface area contributed by atoms with E-state index in [1.807, 2.05) is 66.7 Å². The highest BCUT2D eigenvalue weighted by Crippen LogP contribution is 2.26. The number of aliphatic hydroxyl groups is 1. The summed E-state index contributed by atoms with van der Waals surface area (Å²) in [6, 6.07) is 28.3. The van der Waals surface area contributed by atoms with Crippen molar-refractivity contribution in [1.29, 1.82) is 0 Å². The summed E-state index contributed by atoms with van der Waals surface area (Å²) in [7, 11) is 0. The monoisotopic (exact) mass is 448 g/mol. The summed E-state index contributed by atoms with van der Waals surface area (Å²) in [5.41, 5.74) is 2.48. The summed E-state index contributed by atoms with van der Waals surface area (Å²) < 4.78 is 23.4. The third-order valence-electron chi connectivity index (χ3n) is 5.48. The fourth-order valence-corrected chi connectivity index (χ4v) is 3.70. The fourth-order valence-electron chi connectivity index (χ4n) is 3.70. The molecule has 0 amide bonds. The van der Waals surface area contributed by atoms with Gasteiger partial charge in [0.1, 0.15) is 6.10 Å². The number of ether oxygens (including phenoxy) is 4. The van der Waals surface area contributed by atoms with E-state index >= 15 is 0 Å². The number of rotatable bonds is 9. The maximum Gasteiger partial charge on any atom is 0.338 e. The lowest BCUT2D eigenvalue weighted by Crippen LogP contribution is -2.51. The number of hydrogen-bond acceptors (Lipinski definition) is 6. The first-order valence-electron chi connectivity index (χ1n) is 11.1. The summed E-state index contributed by atoms with van der Waals surface area (Å²) in [5.74, 6) is -0.510. The molecule has 0 aromatic heterocycles. The molecule has 1 fully saturated rings. The predicted octanol–water partition coefficient (Wildman–Crippen LogP) is 4.12. The van der Waals surface area contributed by atoms with Crippen LogP contribution in [-0.2, 0) is 32.2 Å². The van der Waals surface area contributed by atoms with Crippen LogP contribution in [0.1, 0.15) is 27.9 Å². The minimum Gasteiger partial charge on any atom is -0.453 e. The van der Waals surface area contributed by atoms with Gasteiger partial charge < -0.3 is 24.1 Å². The van der Waals surface area contributed by atoms with E-state index in [0.717, 1.165) is 11.1 Å². The second-order valence-electron chi connectivity index (χ2n) is 7.95. The largest absolute Gasteiger partial charge is 0.453 e. The smallest absolute Gasteiger partial charge is 0.338 e. The summed E-state index contributed by atoms with van der Waals surface area (Å²) in [5, 5.41) is 10.5. The quantitative estimate of drug-likeness (QED) is 0.497. The van der Waals surface area contributed by atoms with Crippen LogP contribution in [0.3, 0.4) is 0 Å². The minimum absolute atomic E-state index is 0.241. The standard InChI is InChI=1S/C27H28O6/c28-26(22-14-8-3-9-15-22)32-24-16-23(31-18-21-12-6-2-7-13-21)25(33-27(24)29)19-30-17-20-10-4-1-5-11-20/h1-15,23-25,27,29H,16-19H2/t23-,24+,25+,27+/m0/s1. The summed E-state index contributed by atoms with van der Waals surface area (Å²) in [6.07, 6.45) is -2.73. The van der Waals surface area contributed by atoms with Crippen molar-refractivity contribution < 1.29 is 28.8 Å². The van der Waals surface area contributed by atoms with Crippen LogP contribution in [-0.4, -0.2) is 42.3 Å². The van der Waals surface area contributed by atoms with E-state index in [-0.39, 0.29) is 6.61 Å². The Kier molecular flexibility index (Phi) is 8.22. The number of hydrogen-bond donors (Lipinski definition) is 1. The third kappa shape index (κ3) is 6.73. The Morgan fingerprint density at radius 2 is 1.39 bits per heavy atom. The molecule has 172 valence electrons. The van der Waals surface area contributed by atoms with Gasteiger partial charge in [-0.05, 0) is 23.3 Å². The second-order valence-corrected chi connectivity index (χ2v) is 7.95. The van der Waals surface area contributed by atoms with Gasteiger partial charge >= 0.3 is 5.97 Å². The van der Waals surface area contributed by atoms with Gasteiger partial charge in [-0.25, -0.2) is 4.79 Å². The Balaban J connectivity index is 1.39. The Hall–Kier alpha value is -3.03. The molecular formula is C27H28O6. The first-order chi connectivity index (χ1) is 16.2. The Morgan fingerprint density at radius 3 is 2.03 bits per heavy atom. The molecule has 0 radical (unpaired) electrons. The van der Waals surface area contributed by atoms with Gasteiger partial charge in [-0.3, -0.25) is 0 Å². The van der Waals surface area contributed by atoms with E-state index in [2.05, 4.69) is 0 Å². The topological polar surface area (TPSA) is 74.2 Å². The van der Waals surface area contributed by atoms with E-state index in [1.54, 1.807) is 24.3 Å². The average molecular weight is 449 g/mol. The number of benzene rings is 3. The van der Waals surface area contributed by atoms with Gasteiger partial charge in [0.25, 0.3) is 0 Å². The summed E-state index contributed by atoms with van der Waals surface area (Å²) in [6.45, 7) is 1.04. The first kappa shape index (κ1) is 23.1. The van der Waals surface area contributed by atoms with Crippen LogP contribution in [0.5, 0.6) is 0 Å². The number of esters is 1. The molecular weight excluding hydrogens is 420 g/mol. The molecule has 1 aliphatic rings. The zero-order valence-electron chi connectivity index (χ0n) is 18.3. The van der Waals surface area contributed by atoms with Crippen molar-refractivity contribution in [1.82, 2.24) is 0 Å². The lowest BCUT2D eigenvalue weighted by Gasteiger charge is -2.38. The molecule has 3 aromatic carbocycles. The molecule has 0 bridgehead atoms. The Labute approximate surface area is 193 Å². The molecule has 1 heterocycles. The Bertz CT molecular complexity index is 979. The van der Waals surface area contributed by atoms with Gasteiger partial charge in [-0.2, -0.15) is 0 Å². The van der Waals surface area contributed by atoms with Gasteiger partial charge in [0.15, 0.2) is 12.4 Å². The molecule has 4 rings (SSSR count). The number of aliphatic hydroxyl groups excluding tert-OH is 1. The zero-order chi connectivity index (χ0) is 22.9. The first-order valence-corrected chi connectivity index (χ1v) is 11.1. The van der Waals surface area contributed by atoms with Crippen molar-refractivity contribution in [3.05, 3.63) is 108 Å². The van der Waals surface area contributed by atoms with Crippen molar-refractivity contribution in [2.24, 2.45) is 0 Å². The predicted molar refractivity (Wildman–Crippen MR) is 122 cm³/mol. The molecule has 0 spiro atoms. The molecule has 6 heteroatoms. The normalized spacial score (nSPS) is 22.6. The van der Waals surface area contributed by atoms with Crippen molar-refractivity contribution in [2.75, 3.05) is 6.61 Å². The molecule has 6 nitrogen and oxygen atoms in total. The van der Waals surface area contributed by atoms with E-state index in [4.69, 9.17) is 18.9 Å². The van der Waals surface area contributed by atoms with E-state index in [9.17, 15) is 9.90 Å². The molecule has 0 saturated carbocycles. The van der Waals surface area contributed by atoms with Gasteiger partial charge in [0.05, 0.1) is 31.5 Å². The number of carbonyl (C=O) groups is 1. The van der Waals surface area contributed by atoms with Gasteiger partial charge in [-0.1, -0.05) is 78.9 Å². The van der Waals surface area contributed by atoms with Crippen LogP contribution >= 0.6 is 0 Å². The fraction of sp³-hybridized carbons (Fsp3) is 0.296. The highest BCUT2D eigenvalue weighted by atomic mass is 16.7. The second kappa shape index (κ2) is 11.7. The third-order valence-corrected chi connectivity index (χ3v) is 5.48. The molecule has 1 saturated heterocycles. The zero-order valence-corrected chi connectivity index (χ0v) is 18.3. The Morgan fingerprint density at radius 1 is 0.818 bits per heavy atom. The van der Waals surface area contributed by atoms with Gasteiger partial charge in [-0.15, -0.1) is 0 Å². The summed E-state index contributed by atoms with van der Waals surface area (Å²) in [4.78, 5) is 12.5. The lowest BCUT2D eigenvalue weighted by molar-refractivity contribution is -0.263. The molecule has 0 unspecified atom stereocenters. The molecule has 1 N–H and O–H groups in total. The minimum atomic E-state index is -1.26. The van der Waals surface area contributed by atoms with Crippen molar-refractivity contribution >= 4 is 5.97 Å². The highest BCUT2D eigenvalue weighted by Gasteiger charge is 2.40. The van der Waals surface area contributed by atoms with Crippen molar-refractivity contribution in [3.63, 3.8) is 0 Å². The van der Waals surface area contributed by atoms with E-state index in [0.29, 0.717) is 25.2 Å². The molecule has 0 aliphatic carbocycles. The molecule has 33 heavy (non-hydrogen) atoms. The van der Waals surface area contributed by atoms with Crippen molar-refractivity contribution in [2.45, 2.75) is 44.2 Å². The maximum absolute atomic E-state index is 12.5. The van der Waals surface area contributed by atoms with E-state index < -0.39 is 30.6 Å². The van der Waals surface area contributed by atoms with Crippen LogP contribution in [0.15, 0.2) is 91.0 Å². The molecule has 1 aliphatic heterocycles.